The Morgan fingerprint density at radius 3 is 2.16 bits per heavy atom. The second kappa shape index (κ2) is 8.41. The van der Waals surface area contributed by atoms with Gasteiger partial charge in [-0.15, -0.1) is 0 Å². The molecule has 0 saturated carbocycles. The number of urea groups is 1. The third-order valence-electron chi connectivity index (χ3n) is 4.26. The highest BCUT2D eigenvalue weighted by molar-refractivity contribution is 5.98. The molecular weight excluding hydrogens is 436 g/mol. The number of hydrogen-bond donors (Lipinski definition) is 2. The molecule has 0 bridgehead atoms. The largest absolute Gasteiger partial charge is 0.457 e. The summed E-state index contributed by atoms with van der Waals surface area (Å²) in [6, 6.07) is 9.34. The smallest absolute Gasteiger partial charge is 0.416 e. The van der Waals surface area contributed by atoms with Crippen molar-refractivity contribution in [1.29, 1.82) is 0 Å². The highest BCUT2D eigenvalue weighted by Crippen LogP contribution is 2.36. The van der Waals surface area contributed by atoms with Gasteiger partial charge in [-0.05, 0) is 48.5 Å². The third-order valence-corrected chi connectivity index (χ3v) is 4.26. The fraction of sp³-hybridized carbons (Fsp3) is 0.0500. The quantitative estimate of drug-likeness (QED) is 0.235. The molecule has 0 aromatic heterocycles. The van der Waals surface area contributed by atoms with Gasteiger partial charge in [-0.3, -0.25) is 15.0 Å². The summed E-state index contributed by atoms with van der Waals surface area (Å²) in [5.74, 6) is -0.703. The first-order valence-electron chi connectivity index (χ1n) is 8.75. The molecule has 0 atom stereocenters. The Bertz CT molecular complexity index is 1180. The number of benzene rings is 3. The van der Waals surface area contributed by atoms with Crippen molar-refractivity contribution in [3.8, 4) is 11.5 Å². The summed E-state index contributed by atoms with van der Waals surface area (Å²) in [5.41, 5.74) is 8.61. The lowest BCUT2D eigenvalue weighted by atomic mass is 10.1. The minimum atomic E-state index is -4.75. The Balaban J connectivity index is 1.90. The second-order valence-corrected chi connectivity index (χ2v) is 6.41. The molecule has 2 amide bonds. The summed E-state index contributed by atoms with van der Waals surface area (Å²) in [6.45, 7) is 0. The van der Waals surface area contributed by atoms with Gasteiger partial charge in [-0.25, -0.2) is 9.18 Å². The standard InChI is InChI=1S/C20H14F4N4O4/c21-15-7-1-11(20(22,23)24)9-18(15)27(19(26)29)12-2-4-13(5-3-12)32-14-6-8-17(28(30)31)16(25)10-14/h1-10H,25H2,(H2,26,29). The molecule has 166 valence electrons. The van der Waals surface area contributed by atoms with E-state index in [1.54, 1.807) is 0 Å². The second-order valence-electron chi connectivity index (χ2n) is 6.41. The number of alkyl halides is 3. The highest BCUT2D eigenvalue weighted by atomic mass is 19.4. The Kier molecular flexibility index (Phi) is 5.87. The molecule has 0 aliphatic carbocycles. The number of nitro groups is 1. The van der Waals surface area contributed by atoms with E-state index in [1.165, 1.54) is 36.4 Å². The van der Waals surface area contributed by atoms with Gasteiger partial charge < -0.3 is 16.2 Å². The first kappa shape index (κ1) is 22.3. The van der Waals surface area contributed by atoms with Crippen LogP contribution in [-0.2, 0) is 6.18 Å². The number of primary amides is 1. The number of carbonyl (C=O) groups is 1. The minimum Gasteiger partial charge on any atom is -0.457 e. The van der Waals surface area contributed by atoms with Crippen LogP contribution in [-0.4, -0.2) is 11.0 Å². The fourth-order valence-corrected chi connectivity index (χ4v) is 2.81. The van der Waals surface area contributed by atoms with Crippen LogP contribution in [0.4, 0.5) is 45.1 Å². The molecule has 0 unspecified atom stereocenters. The van der Waals surface area contributed by atoms with E-state index in [9.17, 15) is 32.5 Å². The maximum atomic E-state index is 14.2. The van der Waals surface area contributed by atoms with Crippen LogP contribution in [0.15, 0.2) is 60.7 Å². The molecule has 8 nitrogen and oxygen atoms in total. The predicted octanol–water partition coefficient (Wildman–Crippen LogP) is 5.34. The van der Waals surface area contributed by atoms with Crippen molar-refractivity contribution in [1.82, 2.24) is 0 Å². The van der Waals surface area contributed by atoms with Crippen LogP contribution < -0.4 is 21.1 Å². The lowest BCUT2D eigenvalue weighted by Crippen LogP contribution is -2.32. The number of amides is 2. The van der Waals surface area contributed by atoms with Gasteiger partial charge in [0.15, 0.2) is 0 Å². The molecule has 0 spiro atoms. The molecule has 3 aromatic rings. The third kappa shape index (κ3) is 4.69. The number of carbonyl (C=O) groups excluding carboxylic acids is 1. The maximum Gasteiger partial charge on any atom is 0.416 e. The zero-order valence-corrected chi connectivity index (χ0v) is 16.0. The van der Waals surface area contributed by atoms with Crippen LogP contribution in [0.2, 0.25) is 0 Å². The molecule has 0 heterocycles. The number of halogens is 4. The fourth-order valence-electron chi connectivity index (χ4n) is 2.81. The number of nitrogens with two attached hydrogens (primary N) is 2. The van der Waals surface area contributed by atoms with E-state index in [1.807, 2.05) is 0 Å². The topological polar surface area (TPSA) is 125 Å². The first-order valence-corrected chi connectivity index (χ1v) is 8.75. The number of nitrogen functional groups attached to an aromatic ring is 1. The molecule has 0 aliphatic rings. The molecule has 0 aliphatic heterocycles. The summed E-state index contributed by atoms with van der Waals surface area (Å²) < 4.78 is 58.8. The van der Waals surface area contributed by atoms with Crippen LogP contribution in [0.3, 0.4) is 0 Å². The van der Waals surface area contributed by atoms with Crippen LogP contribution in [0.5, 0.6) is 11.5 Å². The maximum absolute atomic E-state index is 14.2. The molecule has 0 radical (unpaired) electrons. The van der Waals surface area contributed by atoms with E-state index in [2.05, 4.69) is 0 Å². The molecule has 12 heteroatoms. The molecule has 0 fully saturated rings. The van der Waals surface area contributed by atoms with E-state index in [0.29, 0.717) is 23.1 Å². The van der Waals surface area contributed by atoms with E-state index in [4.69, 9.17) is 16.2 Å². The van der Waals surface area contributed by atoms with Gasteiger partial charge in [0, 0.05) is 12.1 Å². The normalized spacial score (nSPS) is 11.1. The molecule has 4 N–H and O–H groups in total. The van der Waals surface area contributed by atoms with Crippen molar-refractivity contribution in [2.24, 2.45) is 5.73 Å². The van der Waals surface area contributed by atoms with E-state index in [-0.39, 0.29) is 28.6 Å². The molecule has 3 rings (SSSR count). The van der Waals surface area contributed by atoms with Crippen molar-refractivity contribution in [3.05, 3.63) is 82.2 Å². The van der Waals surface area contributed by atoms with Crippen LogP contribution in [0.1, 0.15) is 5.56 Å². The summed E-state index contributed by atoms with van der Waals surface area (Å²) in [6.07, 6.45) is -4.75. The number of nitrogens with zero attached hydrogens (tertiary/aromatic N) is 2. The zero-order chi connectivity index (χ0) is 23.6. The predicted molar refractivity (Wildman–Crippen MR) is 107 cm³/mol. The van der Waals surface area contributed by atoms with Gasteiger partial charge in [0.2, 0.25) is 0 Å². The zero-order valence-electron chi connectivity index (χ0n) is 16.0. The van der Waals surface area contributed by atoms with Crippen molar-refractivity contribution >= 4 is 28.8 Å². The Hall–Kier alpha value is -4.35. The molecule has 32 heavy (non-hydrogen) atoms. The van der Waals surface area contributed by atoms with Gasteiger partial charge in [-0.1, -0.05) is 0 Å². The van der Waals surface area contributed by atoms with Gasteiger partial charge in [0.25, 0.3) is 5.69 Å². The SMILES string of the molecule is NC(=O)N(c1ccc(Oc2ccc([N+](=O)[O-])c(N)c2)cc1)c1cc(C(F)(F)F)ccc1F. The molecular formula is C20H14F4N4O4. The first-order chi connectivity index (χ1) is 15.0. The lowest BCUT2D eigenvalue weighted by Gasteiger charge is -2.22. The molecule has 0 saturated heterocycles. The number of anilines is 3. The van der Waals surface area contributed by atoms with E-state index < -0.39 is 34.2 Å². The Morgan fingerprint density at radius 1 is 1.00 bits per heavy atom. The summed E-state index contributed by atoms with van der Waals surface area (Å²) >= 11 is 0. The summed E-state index contributed by atoms with van der Waals surface area (Å²) in [5, 5.41) is 10.8. The number of ether oxygens (including phenoxy) is 1. The van der Waals surface area contributed by atoms with Crippen molar-refractivity contribution in [3.63, 3.8) is 0 Å². The number of rotatable bonds is 5. The lowest BCUT2D eigenvalue weighted by molar-refractivity contribution is -0.383. The van der Waals surface area contributed by atoms with Crippen molar-refractivity contribution < 1.29 is 32.0 Å². The van der Waals surface area contributed by atoms with Crippen LogP contribution >= 0.6 is 0 Å². The monoisotopic (exact) mass is 450 g/mol. The summed E-state index contributed by atoms with van der Waals surface area (Å²) in [4.78, 5) is 22.7. The molecule has 3 aromatic carbocycles. The average Bonchev–Trinajstić information content (AvgIpc) is 2.69. The Morgan fingerprint density at radius 2 is 1.62 bits per heavy atom. The van der Waals surface area contributed by atoms with E-state index in [0.717, 1.165) is 6.07 Å². The van der Waals surface area contributed by atoms with Gasteiger partial charge in [0.05, 0.1) is 21.9 Å². The number of nitro benzene ring substituents is 1. The average molecular weight is 450 g/mol. The van der Waals surface area contributed by atoms with Crippen LogP contribution in [0, 0.1) is 15.9 Å². The minimum absolute atomic E-state index is 0.0220. The van der Waals surface area contributed by atoms with Crippen molar-refractivity contribution in [2.45, 2.75) is 6.18 Å². The van der Waals surface area contributed by atoms with Gasteiger partial charge in [-0.2, -0.15) is 13.2 Å². The Labute approximate surface area is 177 Å². The highest BCUT2D eigenvalue weighted by Gasteiger charge is 2.32. The number of hydrogen-bond acceptors (Lipinski definition) is 5. The van der Waals surface area contributed by atoms with Crippen molar-refractivity contribution in [2.75, 3.05) is 10.6 Å². The van der Waals surface area contributed by atoms with E-state index >= 15 is 0 Å². The summed E-state index contributed by atoms with van der Waals surface area (Å²) in [7, 11) is 0. The van der Waals surface area contributed by atoms with Crippen LogP contribution in [0.25, 0.3) is 0 Å². The van der Waals surface area contributed by atoms with Gasteiger partial charge >= 0.3 is 12.2 Å². The van der Waals surface area contributed by atoms with Gasteiger partial charge in [0.1, 0.15) is 23.0 Å².